The fraction of sp³-hybridized carbons (Fsp3) is 0.562. The summed E-state index contributed by atoms with van der Waals surface area (Å²) >= 11 is 0. The molecule has 0 heterocycles. The molecule has 0 atom stereocenters. The van der Waals surface area contributed by atoms with Gasteiger partial charge in [-0.2, -0.15) is 0 Å². The lowest BCUT2D eigenvalue weighted by Gasteiger charge is -2.26. The van der Waals surface area contributed by atoms with Gasteiger partial charge < -0.3 is 15.8 Å². The maximum atomic E-state index is 12.5. The Hall–Kier alpha value is -1.55. The number of amides is 1. The maximum Gasteiger partial charge on any atom is 0.231 e. The van der Waals surface area contributed by atoms with Crippen LogP contribution in [0.25, 0.3) is 0 Å². The molecule has 0 aliphatic heterocycles. The molecule has 1 saturated carbocycles. The number of carbonyl (C=O) groups is 1. The van der Waals surface area contributed by atoms with Crippen LogP contribution in [0.1, 0.15) is 38.2 Å². The van der Waals surface area contributed by atoms with Crippen molar-refractivity contribution < 1.29 is 9.53 Å². The zero-order valence-corrected chi connectivity index (χ0v) is 12.4. The number of nitrogens with two attached hydrogens (primary N) is 1. The number of rotatable bonds is 5. The number of benzene rings is 1. The minimum absolute atomic E-state index is 0.0600. The molecule has 0 aromatic heterocycles. The lowest BCUT2D eigenvalue weighted by atomic mass is 9.85. The molecule has 1 aromatic carbocycles. The number of ether oxygens (including phenoxy) is 1. The fourth-order valence-corrected chi connectivity index (χ4v) is 2.86. The van der Waals surface area contributed by atoms with Crippen LogP contribution in [0, 0.1) is 12.3 Å². The largest absolute Gasteiger partial charge is 0.494 e. The Bertz CT molecular complexity index is 479. The predicted octanol–water partition coefficient (Wildman–Crippen LogP) is 2.85. The lowest BCUT2D eigenvalue weighted by molar-refractivity contribution is -0.124. The molecule has 4 heteroatoms. The monoisotopic (exact) mass is 276 g/mol. The highest BCUT2D eigenvalue weighted by Crippen LogP contribution is 2.38. The van der Waals surface area contributed by atoms with E-state index in [0.717, 1.165) is 42.7 Å². The van der Waals surface area contributed by atoms with Crippen LogP contribution in [0.5, 0.6) is 5.75 Å². The van der Waals surface area contributed by atoms with E-state index in [1.807, 2.05) is 32.0 Å². The van der Waals surface area contributed by atoms with Gasteiger partial charge >= 0.3 is 0 Å². The Kier molecular flexibility index (Phi) is 4.65. The molecule has 1 aliphatic carbocycles. The third-order valence-electron chi connectivity index (χ3n) is 4.19. The van der Waals surface area contributed by atoms with Crippen molar-refractivity contribution in [1.29, 1.82) is 0 Å². The SMILES string of the molecule is CCOc1ccc(NC(=O)C2(CN)CCCC2)c(C)c1. The summed E-state index contributed by atoms with van der Waals surface area (Å²) < 4.78 is 5.45. The van der Waals surface area contributed by atoms with E-state index in [9.17, 15) is 4.79 Å². The van der Waals surface area contributed by atoms with Gasteiger partial charge in [-0.25, -0.2) is 0 Å². The highest BCUT2D eigenvalue weighted by molar-refractivity contribution is 5.96. The van der Waals surface area contributed by atoms with Crippen LogP contribution in [0.4, 0.5) is 5.69 Å². The van der Waals surface area contributed by atoms with E-state index in [4.69, 9.17) is 10.5 Å². The standard InChI is InChI=1S/C16H24N2O2/c1-3-20-13-6-7-14(12(2)10-13)18-15(19)16(11-17)8-4-5-9-16/h6-7,10H,3-5,8-9,11,17H2,1-2H3,(H,18,19). The second-order valence-electron chi connectivity index (χ2n) is 5.56. The summed E-state index contributed by atoms with van der Waals surface area (Å²) in [5.74, 6) is 0.891. The average Bonchev–Trinajstić information content (AvgIpc) is 2.92. The Labute approximate surface area is 120 Å². The van der Waals surface area contributed by atoms with Crippen LogP contribution in [-0.2, 0) is 4.79 Å². The van der Waals surface area contributed by atoms with Crippen molar-refractivity contribution in [2.75, 3.05) is 18.5 Å². The van der Waals surface area contributed by atoms with Crippen LogP contribution in [0.15, 0.2) is 18.2 Å². The summed E-state index contributed by atoms with van der Waals surface area (Å²) in [7, 11) is 0. The van der Waals surface area contributed by atoms with Gasteiger partial charge in [0.25, 0.3) is 0 Å². The maximum absolute atomic E-state index is 12.5. The summed E-state index contributed by atoms with van der Waals surface area (Å²) in [4.78, 5) is 12.5. The first-order valence-electron chi connectivity index (χ1n) is 7.36. The van der Waals surface area contributed by atoms with Crippen LogP contribution >= 0.6 is 0 Å². The molecule has 20 heavy (non-hydrogen) atoms. The van der Waals surface area contributed by atoms with Gasteiger partial charge in [-0.15, -0.1) is 0 Å². The molecule has 1 fully saturated rings. The van der Waals surface area contributed by atoms with E-state index in [0.29, 0.717) is 13.2 Å². The molecule has 3 N–H and O–H groups in total. The summed E-state index contributed by atoms with van der Waals surface area (Å²) in [5, 5.41) is 3.04. The van der Waals surface area contributed by atoms with E-state index in [-0.39, 0.29) is 11.3 Å². The smallest absolute Gasteiger partial charge is 0.231 e. The third-order valence-corrected chi connectivity index (χ3v) is 4.19. The number of aryl methyl sites for hydroxylation is 1. The predicted molar refractivity (Wildman–Crippen MR) is 80.9 cm³/mol. The van der Waals surface area contributed by atoms with Gasteiger partial charge in [0.15, 0.2) is 0 Å². The van der Waals surface area contributed by atoms with E-state index in [1.54, 1.807) is 0 Å². The molecule has 0 unspecified atom stereocenters. The van der Waals surface area contributed by atoms with Crippen molar-refractivity contribution in [2.45, 2.75) is 39.5 Å². The summed E-state index contributed by atoms with van der Waals surface area (Å²) in [6, 6.07) is 5.73. The Morgan fingerprint density at radius 2 is 2.10 bits per heavy atom. The van der Waals surface area contributed by atoms with Crippen molar-refractivity contribution >= 4 is 11.6 Å². The Morgan fingerprint density at radius 1 is 1.40 bits per heavy atom. The number of anilines is 1. The topological polar surface area (TPSA) is 64.3 Å². The van der Waals surface area contributed by atoms with Crippen LogP contribution in [0.2, 0.25) is 0 Å². The van der Waals surface area contributed by atoms with E-state index in [1.165, 1.54) is 0 Å². The van der Waals surface area contributed by atoms with Crippen LogP contribution < -0.4 is 15.8 Å². The van der Waals surface area contributed by atoms with Crippen molar-refractivity contribution in [3.05, 3.63) is 23.8 Å². The van der Waals surface area contributed by atoms with Gasteiger partial charge in [0, 0.05) is 12.2 Å². The Morgan fingerprint density at radius 3 is 2.65 bits per heavy atom. The zero-order valence-electron chi connectivity index (χ0n) is 12.4. The van der Waals surface area contributed by atoms with Gasteiger partial charge in [0.1, 0.15) is 5.75 Å². The van der Waals surface area contributed by atoms with E-state index in [2.05, 4.69) is 5.32 Å². The molecular weight excluding hydrogens is 252 g/mol. The number of hydrogen-bond acceptors (Lipinski definition) is 3. The molecule has 4 nitrogen and oxygen atoms in total. The lowest BCUT2D eigenvalue weighted by Crippen LogP contribution is -2.40. The number of nitrogens with one attached hydrogen (secondary N) is 1. The highest BCUT2D eigenvalue weighted by Gasteiger charge is 2.39. The second kappa shape index (κ2) is 6.27. The molecular formula is C16H24N2O2. The molecule has 0 bridgehead atoms. The summed E-state index contributed by atoms with van der Waals surface area (Å²) in [6.07, 6.45) is 3.97. The first kappa shape index (κ1) is 14.9. The van der Waals surface area contributed by atoms with E-state index >= 15 is 0 Å². The normalized spacial score (nSPS) is 16.9. The molecule has 1 amide bonds. The fourth-order valence-electron chi connectivity index (χ4n) is 2.86. The third kappa shape index (κ3) is 2.96. The molecule has 1 aliphatic rings. The summed E-state index contributed by atoms with van der Waals surface area (Å²) in [5.41, 5.74) is 7.33. The second-order valence-corrected chi connectivity index (χ2v) is 5.56. The highest BCUT2D eigenvalue weighted by atomic mass is 16.5. The van der Waals surface area contributed by atoms with Gasteiger partial charge in [-0.05, 0) is 50.5 Å². The zero-order chi connectivity index (χ0) is 14.6. The summed E-state index contributed by atoms with van der Waals surface area (Å²) in [6.45, 7) is 4.99. The van der Waals surface area contributed by atoms with Crippen LogP contribution in [-0.4, -0.2) is 19.1 Å². The van der Waals surface area contributed by atoms with Crippen molar-refractivity contribution in [3.8, 4) is 5.75 Å². The van der Waals surface area contributed by atoms with Gasteiger partial charge in [0.2, 0.25) is 5.91 Å². The first-order valence-corrected chi connectivity index (χ1v) is 7.36. The molecule has 0 saturated heterocycles. The number of hydrogen-bond donors (Lipinski definition) is 2. The molecule has 0 spiro atoms. The number of carbonyl (C=O) groups excluding carboxylic acids is 1. The minimum atomic E-state index is -0.370. The van der Waals surface area contributed by atoms with Crippen LogP contribution in [0.3, 0.4) is 0 Å². The van der Waals surface area contributed by atoms with Gasteiger partial charge in [0.05, 0.1) is 12.0 Å². The van der Waals surface area contributed by atoms with Gasteiger partial charge in [-0.3, -0.25) is 4.79 Å². The molecule has 110 valence electrons. The van der Waals surface area contributed by atoms with E-state index < -0.39 is 0 Å². The minimum Gasteiger partial charge on any atom is -0.494 e. The molecule has 2 rings (SSSR count). The van der Waals surface area contributed by atoms with Crippen molar-refractivity contribution in [2.24, 2.45) is 11.1 Å². The average molecular weight is 276 g/mol. The molecule has 1 aromatic rings. The van der Waals surface area contributed by atoms with Crippen molar-refractivity contribution in [3.63, 3.8) is 0 Å². The van der Waals surface area contributed by atoms with Crippen molar-refractivity contribution in [1.82, 2.24) is 0 Å². The quantitative estimate of drug-likeness (QED) is 0.869. The Balaban J connectivity index is 2.11. The first-order chi connectivity index (χ1) is 9.61. The van der Waals surface area contributed by atoms with Gasteiger partial charge in [-0.1, -0.05) is 12.8 Å². The molecule has 0 radical (unpaired) electrons.